The van der Waals surface area contributed by atoms with Crippen LogP contribution in [-0.4, -0.2) is 20.8 Å². The molecule has 2 aromatic heterocycles. The maximum absolute atomic E-state index is 12.2. The largest absolute Gasteiger partial charge is 0.298 e. The van der Waals surface area contributed by atoms with E-state index in [1.807, 2.05) is 19.2 Å². The quantitative estimate of drug-likeness (QED) is 0.564. The number of aryl methyl sites for hydroxylation is 2. The van der Waals surface area contributed by atoms with Crippen LogP contribution in [-0.2, 0) is 0 Å². The summed E-state index contributed by atoms with van der Waals surface area (Å²) in [5.41, 5.74) is 3.61. The van der Waals surface area contributed by atoms with Crippen molar-refractivity contribution in [2.24, 2.45) is 0 Å². The molecule has 25 heavy (non-hydrogen) atoms. The molecular formula is C17H14N4O3S. The van der Waals surface area contributed by atoms with Crippen molar-refractivity contribution in [2.75, 3.05) is 5.32 Å². The normalized spacial score (nSPS) is 10.5. The van der Waals surface area contributed by atoms with Crippen LogP contribution in [0, 0.1) is 24.0 Å². The molecule has 3 aromatic rings. The topological polar surface area (TPSA) is 98.0 Å². The van der Waals surface area contributed by atoms with E-state index < -0.39 is 4.92 Å². The number of thiazole rings is 1. The molecule has 2 heterocycles. The molecule has 0 radical (unpaired) electrons. The van der Waals surface area contributed by atoms with Crippen LogP contribution in [0.1, 0.15) is 21.5 Å². The van der Waals surface area contributed by atoms with Gasteiger partial charge >= 0.3 is 0 Å². The molecule has 8 heteroatoms. The molecule has 1 amide bonds. The van der Waals surface area contributed by atoms with E-state index in [0.29, 0.717) is 16.4 Å². The van der Waals surface area contributed by atoms with Gasteiger partial charge in [-0.3, -0.25) is 25.2 Å². The Morgan fingerprint density at radius 3 is 2.44 bits per heavy atom. The number of carbonyl (C=O) groups excluding carboxylic acids is 1. The number of hydrogen-bond acceptors (Lipinski definition) is 6. The van der Waals surface area contributed by atoms with Crippen LogP contribution in [0.3, 0.4) is 0 Å². The molecule has 0 spiro atoms. The third-order valence-electron chi connectivity index (χ3n) is 3.65. The van der Waals surface area contributed by atoms with E-state index in [2.05, 4.69) is 15.3 Å². The second-order valence-electron chi connectivity index (χ2n) is 5.44. The molecule has 3 rings (SSSR count). The third-order valence-corrected chi connectivity index (χ3v) is 4.41. The number of amides is 1. The molecular weight excluding hydrogens is 340 g/mol. The third kappa shape index (κ3) is 3.53. The highest BCUT2D eigenvalue weighted by Crippen LogP contribution is 2.33. The summed E-state index contributed by atoms with van der Waals surface area (Å²) in [4.78, 5) is 31.0. The van der Waals surface area contributed by atoms with Gasteiger partial charge in [0.25, 0.3) is 11.6 Å². The molecule has 0 atom stereocenters. The van der Waals surface area contributed by atoms with Gasteiger partial charge in [0.05, 0.1) is 10.6 Å². The summed E-state index contributed by atoms with van der Waals surface area (Å²) in [5.74, 6) is -0.263. The number of non-ortho nitro benzene ring substituents is 1. The molecule has 0 aliphatic rings. The van der Waals surface area contributed by atoms with Crippen molar-refractivity contribution < 1.29 is 9.72 Å². The molecule has 0 bridgehead atoms. The first-order chi connectivity index (χ1) is 12.0. The number of benzene rings is 1. The minimum Gasteiger partial charge on any atom is -0.298 e. The highest BCUT2D eigenvalue weighted by Gasteiger charge is 2.16. The lowest BCUT2D eigenvalue weighted by Gasteiger charge is -2.07. The Morgan fingerprint density at radius 2 is 1.84 bits per heavy atom. The van der Waals surface area contributed by atoms with Gasteiger partial charge in [-0.1, -0.05) is 0 Å². The van der Waals surface area contributed by atoms with E-state index in [9.17, 15) is 14.9 Å². The molecule has 0 saturated heterocycles. The monoisotopic (exact) mass is 354 g/mol. The summed E-state index contributed by atoms with van der Waals surface area (Å²) in [6, 6.07) is 6.29. The van der Waals surface area contributed by atoms with Gasteiger partial charge in [0.15, 0.2) is 5.13 Å². The number of nitrogens with one attached hydrogen (secondary N) is 1. The van der Waals surface area contributed by atoms with Crippen molar-refractivity contribution in [3.05, 3.63) is 68.8 Å². The van der Waals surface area contributed by atoms with E-state index in [-0.39, 0.29) is 11.6 Å². The van der Waals surface area contributed by atoms with Crippen molar-refractivity contribution in [3.8, 4) is 11.3 Å². The predicted molar refractivity (Wildman–Crippen MR) is 95.9 cm³/mol. The number of nitrogens with zero attached hydrogens (tertiary/aromatic N) is 3. The summed E-state index contributed by atoms with van der Waals surface area (Å²) < 4.78 is 0. The summed E-state index contributed by atoms with van der Waals surface area (Å²) >= 11 is 1.30. The Labute approximate surface area is 147 Å². The zero-order valence-corrected chi connectivity index (χ0v) is 14.3. The van der Waals surface area contributed by atoms with E-state index >= 15 is 0 Å². The Hall–Kier alpha value is -3.13. The van der Waals surface area contributed by atoms with Gasteiger partial charge in [0.2, 0.25) is 0 Å². The molecule has 7 nitrogen and oxygen atoms in total. The highest BCUT2D eigenvalue weighted by atomic mass is 32.1. The fourth-order valence-electron chi connectivity index (χ4n) is 2.57. The SMILES string of the molecule is Cc1cc([N+](=O)[O-])cc(C)c1-c1csc(NC(=O)c2ccncc2)n1. The first kappa shape index (κ1) is 16.7. The van der Waals surface area contributed by atoms with Crippen molar-refractivity contribution in [1.29, 1.82) is 0 Å². The molecule has 0 saturated carbocycles. The number of aromatic nitrogens is 2. The Kier molecular flexibility index (Phi) is 4.53. The Balaban J connectivity index is 1.87. The van der Waals surface area contributed by atoms with Crippen molar-refractivity contribution >= 4 is 28.1 Å². The minimum atomic E-state index is -0.412. The van der Waals surface area contributed by atoms with E-state index in [1.54, 1.807) is 24.5 Å². The van der Waals surface area contributed by atoms with Gasteiger partial charge in [-0.05, 0) is 37.1 Å². The average Bonchev–Trinajstić information content (AvgIpc) is 3.03. The number of rotatable bonds is 4. The van der Waals surface area contributed by atoms with Gasteiger partial charge in [0.1, 0.15) is 0 Å². The van der Waals surface area contributed by atoms with Crippen molar-refractivity contribution in [3.63, 3.8) is 0 Å². The first-order valence-corrected chi connectivity index (χ1v) is 8.26. The Bertz CT molecular complexity index is 931. The van der Waals surface area contributed by atoms with Crippen LogP contribution in [0.5, 0.6) is 0 Å². The van der Waals surface area contributed by atoms with E-state index in [0.717, 1.165) is 16.7 Å². The highest BCUT2D eigenvalue weighted by molar-refractivity contribution is 7.14. The average molecular weight is 354 g/mol. The zero-order chi connectivity index (χ0) is 18.0. The van der Waals surface area contributed by atoms with Gasteiger partial charge in [0, 0.05) is 41.0 Å². The fourth-order valence-corrected chi connectivity index (χ4v) is 3.27. The van der Waals surface area contributed by atoms with Gasteiger partial charge in [-0.15, -0.1) is 11.3 Å². The van der Waals surface area contributed by atoms with Crippen LogP contribution in [0.15, 0.2) is 42.0 Å². The van der Waals surface area contributed by atoms with E-state index in [4.69, 9.17) is 0 Å². The molecule has 1 aromatic carbocycles. The van der Waals surface area contributed by atoms with Crippen LogP contribution in [0.25, 0.3) is 11.3 Å². The lowest BCUT2D eigenvalue weighted by molar-refractivity contribution is -0.384. The van der Waals surface area contributed by atoms with Crippen LogP contribution in [0.2, 0.25) is 0 Å². The number of carbonyl (C=O) groups is 1. The lowest BCUT2D eigenvalue weighted by Crippen LogP contribution is -2.11. The number of hydrogen-bond donors (Lipinski definition) is 1. The zero-order valence-electron chi connectivity index (χ0n) is 13.5. The first-order valence-electron chi connectivity index (χ1n) is 7.38. The second kappa shape index (κ2) is 6.78. The maximum atomic E-state index is 12.2. The molecule has 0 aliphatic heterocycles. The summed E-state index contributed by atoms with van der Waals surface area (Å²) in [5, 5.41) is 16.0. The Morgan fingerprint density at radius 1 is 1.20 bits per heavy atom. The smallest absolute Gasteiger partial charge is 0.269 e. The lowest BCUT2D eigenvalue weighted by atomic mass is 10.00. The van der Waals surface area contributed by atoms with Crippen LogP contribution in [0.4, 0.5) is 10.8 Å². The number of nitro groups is 1. The summed E-state index contributed by atoms with van der Waals surface area (Å²) in [6.45, 7) is 3.62. The van der Waals surface area contributed by atoms with Crippen LogP contribution >= 0.6 is 11.3 Å². The fraction of sp³-hybridized carbons (Fsp3) is 0.118. The molecule has 0 aliphatic carbocycles. The molecule has 1 N–H and O–H groups in total. The summed E-state index contributed by atoms with van der Waals surface area (Å²) in [7, 11) is 0. The second-order valence-corrected chi connectivity index (χ2v) is 6.30. The van der Waals surface area contributed by atoms with Crippen molar-refractivity contribution in [1.82, 2.24) is 9.97 Å². The number of anilines is 1. The number of nitro benzene ring substituents is 1. The van der Waals surface area contributed by atoms with Gasteiger partial charge < -0.3 is 0 Å². The minimum absolute atomic E-state index is 0.0557. The van der Waals surface area contributed by atoms with Crippen molar-refractivity contribution in [2.45, 2.75) is 13.8 Å². The predicted octanol–water partition coefficient (Wildman–Crippen LogP) is 3.98. The molecule has 0 unspecified atom stereocenters. The number of pyridine rings is 1. The van der Waals surface area contributed by atoms with Crippen LogP contribution < -0.4 is 5.32 Å². The van der Waals surface area contributed by atoms with Gasteiger partial charge in [-0.2, -0.15) is 0 Å². The maximum Gasteiger partial charge on any atom is 0.269 e. The standard InChI is InChI=1S/C17H14N4O3S/c1-10-7-13(21(23)24)8-11(2)15(10)14-9-25-17(19-14)20-16(22)12-3-5-18-6-4-12/h3-9H,1-2H3,(H,19,20,22). The summed E-state index contributed by atoms with van der Waals surface area (Å²) in [6.07, 6.45) is 3.09. The van der Waals surface area contributed by atoms with Gasteiger partial charge in [-0.25, -0.2) is 4.98 Å². The molecule has 0 fully saturated rings. The van der Waals surface area contributed by atoms with E-state index in [1.165, 1.54) is 23.5 Å². The molecule has 126 valence electrons.